The van der Waals surface area contributed by atoms with Gasteiger partial charge in [-0.05, 0) is 30.2 Å². The molecule has 0 aliphatic carbocycles. The van der Waals surface area contributed by atoms with Crippen molar-refractivity contribution < 1.29 is 37.4 Å². The van der Waals surface area contributed by atoms with Gasteiger partial charge in [0.25, 0.3) is 0 Å². The largest absolute Gasteiger partial charge is 0.490 e. The summed E-state index contributed by atoms with van der Waals surface area (Å²) in [7, 11) is 0. The zero-order chi connectivity index (χ0) is 17.1. The molecule has 1 amide bonds. The molecule has 0 aromatic heterocycles. The molecule has 122 valence electrons. The second-order valence-electron chi connectivity index (χ2n) is 4.34. The molecular formula is C12H12F4N2O4. The van der Waals surface area contributed by atoms with Crippen molar-refractivity contribution in [3.63, 3.8) is 0 Å². The minimum atomic E-state index is -5.08. The molecule has 4 N–H and O–H groups in total. The monoisotopic (exact) mass is 324 g/mol. The maximum atomic E-state index is 13.0. The Morgan fingerprint density at radius 1 is 1.27 bits per heavy atom. The molecule has 22 heavy (non-hydrogen) atoms. The van der Waals surface area contributed by atoms with Gasteiger partial charge in [0, 0.05) is 12.6 Å². The van der Waals surface area contributed by atoms with Crippen LogP contribution in [-0.4, -0.2) is 35.0 Å². The van der Waals surface area contributed by atoms with E-state index in [1.54, 1.807) is 0 Å². The Bertz CT molecular complexity index is 577. The smallest absolute Gasteiger partial charge is 0.475 e. The van der Waals surface area contributed by atoms with Gasteiger partial charge in [-0.25, -0.2) is 14.0 Å². The first-order valence-electron chi connectivity index (χ1n) is 5.89. The third kappa shape index (κ3) is 4.32. The van der Waals surface area contributed by atoms with E-state index >= 15 is 0 Å². The number of halogens is 4. The molecule has 1 heterocycles. The Hall–Kier alpha value is -2.36. The van der Waals surface area contributed by atoms with Crippen molar-refractivity contribution in [3.8, 4) is 0 Å². The zero-order valence-electron chi connectivity index (χ0n) is 11.0. The normalized spacial score (nSPS) is 17.1. The van der Waals surface area contributed by atoms with E-state index in [0.29, 0.717) is 24.2 Å². The molecule has 1 unspecified atom stereocenters. The number of hydrogen-bond acceptors (Lipinski definition) is 3. The second-order valence-corrected chi connectivity index (χ2v) is 4.34. The minimum absolute atomic E-state index is 0.286. The third-order valence-corrected chi connectivity index (χ3v) is 2.82. The van der Waals surface area contributed by atoms with Gasteiger partial charge in [0.1, 0.15) is 5.82 Å². The number of amides is 1. The number of aliphatic carboxylic acids is 1. The van der Waals surface area contributed by atoms with E-state index in [1.807, 2.05) is 0 Å². The molecule has 2 rings (SSSR count). The van der Waals surface area contributed by atoms with E-state index in [0.717, 1.165) is 0 Å². The number of anilines is 1. The summed E-state index contributed by atoms with van der Waals surface area (Å²) in [5.41, 5.74) is 6.84. The van der Waals surface area contributed by atoms with Crippen molar-refractivity contribution >= 4 is 17.7 Å². The van der Waals surface area contributed by atoms with E-state index in [9.17, 15) is 22.4 Å². The summed E-state index contributed by atoms with van der Waals surface area (Å²) < 4.78 is 44.7. The first-order chi connectivity index (χ1) is 10.0. The van der Waals surface area contributed by atoms with Crippen LogP contribution in [0.25, 0.3) is 0 Å². The number of nitrogens with zero attached hydrogens (tertiary/aromatic N) is 1. The van der Waals surface area contributed by atoms with Crippen molar-refractivity contribution in [1.82, 2.24) is 0 Å². The van der Waals surface area contributed by atoms with Gasteiger partial charge in [-0.1, -0.05) is 0 Å². The van der Waals surface area contributed by atoms with Crippen LogP contribution in [0.15, 0.2) is 18.2 Å². The van der Waals surface area contributed by atoms with Crippen LogP contribution in [0, 0.1) is 5.82 Å². The summed E-state index contributed by atoms with van der Waals surface area (Å²) in [5, 5.41) is 16.1. The van der Waals surface area contributed by atoms with E-state index < -0.39 is 24.1 Å². The van der Waals surface area contributed by atoms with Crippen molar-refractivity contribution in [2.24, 2.45) is 5.73 Å². The van der Waals surface area contributed by atoms with Gasteiger partial charge in [-0.2, -0.15) is 13.2 Å². The number of hydrogen-bond donors (Lipinski definition) is 3. The highest BCUT2D eigenvalue weighted by atomic mass is 19.4. The predicted molar refractivity (Wildman–Crippen MR) is 67.0 cm³/mol. The van der Waals surface area contributed by atoms with E-state index in [-0.39, 0.29) is 6.04 Å². The van der Waals surface area contributed by atoms with Crippen LogP contribution < -0.4 is 10.6 Å². The van der Waals surface area contributed by atoms with Crippen LogP contribution in [0.5, 0.6) is 0 Å². The van der Waals surface area contributed by atoms with E-state index in [4.69, 9.17) is 20.7 Å². The maximum Gasteiger partial charge on any atom is 0.490 e. The molecule has 1 atom stereocenters. The van der Waals surface area contributed by atoms with E-state index in [2.05, 4.69) is 0 Å². The van der Waals surface area contributed by atoms with Crippen LogP contribution in [0.1, 0.15) is 18.0 Å². The summed E-state index contributed by atoms with van der Waals surface area (Å²) in [4.78, 5) is 21.0. The molecule has 0 fully saturated rings. The predicted octanol–water partition coefficient (Wildman–Crippen LogP) is 2.35. The summed E-state index contributed by atoms with van der Waals surface area (Å²) >= 11 is 0. The molecule has 0 radical (unpaired) electrons. The van der Waals surface area contributed by atoms with Crippen LogP contribution >= 0.6 is 0 Å². The third-order valence-electron chi connectivity index (χ3n) is 2.82. The lowest BCUT2D eigenvalue weighted by Crippen LogP contribution is -2.37. The fourth-order valence-corrected chi connectivity index (χ4v) is 1.81. The van der Waals surface area contributed by atoms with Crippen LogP contribution in [-0.2, 0) is 4.79 Å². The lowest BCUT2D eigenvalue weighted by atomic mass is 9.97. The first kappa shape index (κ1) is 17.7. The lowest BCUT2D eigenvalue weighted by Gasteiger charge is -2.30. The highest BCUT2D eigenvalue weighted by molar-refractivity contribution is 5.87. The molecule has 0 saturated carbocycles. The number of rotatable bonds is 0. The molecule has 1 aromatic rings. The number of carboxylic acids is 1. The second kappa shape index (κ2) is 6.60. The van der Waals surface area contributed by atoms with Gasteiger partial charge in [0.05, 0.1) is 5.69 Å². The minimum Gasteiger partial charge on any atom is -0.475 e. The van der Waals surface area contributed by atoms with Crippen molar-refractivity contribution in [1.29, 1.82) is 0 Å². The molecule has 6 nitrogen and oxygen atoms in total. The molecule has 10 heteroatoms. The Morgan fingerprint density at radius 3 is 2.27 bits per heavy atom. The standard InChI is InChI=1S/C10H11FN2O2.C2HF3O2/c11-6-1-2-9-7(5-6)8(12)3-4-13(9)10(14)15;3-2(4,5)1(6)7/h1-2,5,8H,3-4,12H2,(H,14,15);(H,6,7). The molecule has 1 aromatic carbocycles. The molecule has 0 spiro atoms. The fraction of sp³-hybridized carbons (Fsp3) is 0.333. The van der Waals surface area contributed by atoms with Crippen LogP contribution in [0.2, 0.25) is 0 Å². The molecule has 0 bridgehead atoms. The summed E-state index contributed by atoms with van der Waals surface area (Å²) in [6, 6.07) is 3.71. The number of benzene rings is 1. The molecule has 0 saturated heterocycles. The molecule has 1 aliphatic heterocycles. The average Bonchev–Trinajstić information content (AvgIpc) is 2.39. The molecular weight excluding hydrogens is 312 g/mol. The number of nitrogens with two attached hydrogens (primary N) is 1. The van der Waals surface area contributed by atoms with Gasteiger partial charge in [0.2, 0.25) is 0 Å². The Morgan fingerprint density at radius 2 is 1.82 bits per heavy atom. The van der Waals surface area contributed by atoms with E-state index in [1.165, 1.54) is 23.1 Å². The maximum absolute atomic E-state index is 13.0. The van der Waals surface area contributed by atoms with Gasteiger partial charge in [0.15, 0.2) is 0 Å². The van der Waals surface area contributed by atoms with Crippen molar-refractivity contribution in [2.75, 3.05) is 11.4 Å². The van der Waals surface area contributed by atoms with Crippen LogP contribution in [0.4, 0.5) is 28.0 Å². The summed E-state index contributed by atoms with van der Waals surface area (Å²) in [5.74, 6) is -3.15. The number of carboxylic acid groups (broad SMARTS) is 2. The van der Waals surface area contributed by atoms with Crippen molar-refractivity contribution in [2.45, 2.75) is 18.6 Å². The van der Waals surface area contributed by atoms with Gasteiger partial charge >= 0.3 is 18.2 Å². The highest BCUT2D eigenvalue weighted by Gasteiger charge is 2.38. The van der Waals surface area contributed by atoms with Crippen LogP contribution in [0.3, 0.4) is 0 Å². The van der Waals surface area contributed by atoms with Gasteiger partial charge in [-0.15, -0.1) is 0 Å². The SMILES string of the molecule is NC1CCN(C(=O)O)c2ccc(F)cc21.O=C(O)C(F)(F)F. The topological polar surface area (TPSA) is 104 Å². The highest BCUT2D eigenvalue weighted by Crippen LogP contribution is 2.32. The quantitative estimate of drug-likeness (QED) is 0.636. The summed E-state index contributed by atoms with van der Waals surface area (Å²) in [6.07, 6.45) is -5.60. The van der Waals surface area contributed by atoms with Gasteiger partial charge in [-0.3, -0.25) is 4.90 Å². The van der Waals surface area contributed by atoms with Crippen molar-refractivity contribution in [3.05, 3.63) is 29.6 Å². The number of fused-ring (bicyclic) bond motifs is 1. The first-order valence-corrected chi connectivity index (χ1v) is 5.89. The molecule has 1 aliphatic rings. The fourth-order valence-electron chi connectivity index (χ4n) is 1.81. The van der Waals surface area contributed by atoms with Gasteiger partial charge < -0.3 is 15.9 Å². The average molecular weight is 324 g/mol. The Labute approximate surface area is 121 Å². The zero-order valence-corrected chi connectivity index (χ0v) is 11.0. The number of carbonyl (C=O) groups is 2. The Kier molecular flexibility index (Phi) is 5.31. The summed E-state index contributed by atoms with van der Waals surface area (Å²) in [6.45, 7) is 0.356. The lowest BCUT2D eigenvalue weighted by molar-refractivity contribution is -0.192. The number of alkyl halides is 3. The Balaban J connectivity index is 0.000000295.